The number of aliphatic hydroxyl groups excluding tert-OH is 2. The Morgan fingerprint density at radius 2 is 1.72 bits per heavy atom. The number of ketones is 1. The maximum Gasteiger partial charge on any atom is 0.346 e. The van der Waals surface area contributed by atoms with Crippen LogP contribution in [0.25, 0.3) is 11.2 Å². The molecule has 1 fully saturated rings. The molecule has 2 aromatic heterocycles. The molecular formula is C30H32ClN5O7. The predicted octanol–water partition coefficient (Wildman–Crippen LogP) is 2.86. The summed E-state index contributed by atoms with van der Waals surface area (Å²) in [7, 11) is 0. The highest BCUT2D eigenvalue weighted by Crippen LogP contribution is 2.34. The second kappa shape index (κ2) is 13.1. The van der Waals surface area contributed by atoms with E-state index in [1.807, 2.05) is 36.4 Å². The Hall–Kier alpha value is -3.94. The first-order chi connectivity index (χ1) is 20.7. The van der Waals surface area contributed by atoms with Crippen LogP contribution in [0.15, 0.2) is 67.0 Å². The lowest BCUT2D eigenvalue weighted by Gasteiger charge is -2.30. The lowest BCUT2D eigenvalue weighted by Crippen LogP contribution is -2.52. The number of nitrogens with one attached hydrogen (secondary N) is 1. The molecular weight excluding hydrogens is 578 g/mol. The zero-order valence-corrected chi connectivity index (χ0v) is 24.3. The summed E-state index contributed by atoms with van der Waals surface area (Å²) in [5.74, 6) is -1.03. The number of ether oxygens (including phenoxy) is 3. The highest BCUT2D eigenvalue weighted by Gasteiger charge is 2.50. The fourth-order valence-corrected chi connectivity index (χ4v) is 5.15. The molecule has 5 rings (SSSR count). The summed E-state index contributed by atoms with van der Waals surface area (Å²) in [5, 5.41) is 25.1. The third-order valence-corrected chi connectivity index (χ3v) is 7.44. The molecule has 1 saturated heterocycles. The minimum Gasteiger partial charge on any atom is -0.463 e. The second-order valence-corrected chi connectivity index (χ2v) is 10.5. The van der Waals surface area contributed by atoms with Crippen molar-refractivity contribution < 1.29 is 34.0 Å². The smallest absolute Gasteiger partial charge is 0.346 e. The van der Waals surface area contributed by atoms with Gasteiger partial charge in [0.15, 0.2) is 29.0 Å². The molecule has 12 nitrogen and oxygen atoms in total. The van der Waals surface area contributed by atoms with E-state index in [9.17, 15) is 19.8 Å². The second-order valence-electron chi connectivity index (χ2n) is 10.1. The summed E-state index contributed by atoms with van der Waals surface area (Å²) in [5.41, 5.74) is 0.357. The summed E-state index contributed by atoms with van der Waals surface area (Å²) in [4.78, 5) is 39.0. The first-order valence-electron chi connectivity index (χ1n) is 13.8. The molecule has 0 saturated carbocycles. The SMILES string of the molecule is CCOC(=O)C(Cc1ccccc1)(OC[C@H]1O[C@@H](n2cnc3c(NCc4ccccc4)nc(Cl)nc32)[C@H](O)[C@@H]1O)C(C)=O. The Labute approximate surface area is 252 Å². The number of hydrogen-bond donors (Lipinski definition) is 3. The molecule has 226 valence electrons. The van der Waals surface area contributed by atoms with Crippen LogP contribution in [0.3, 0.4) is 0 Å². The molecule has 4 aromatic rings. The molecule has 0 amide bonds. The standard InChI is InChI=1S/C30H32ClN5O7/c1-3-41-28(40)30(18(2)37,14-19-10-6-4-7-11-19)42-16-21-23(38)24(39)27(43-21)36-17-33-22-25(34-29(31)35-26(22)36)32-15-20-12-8-5-9-13-20/h4-13,17,21,23-24,27,38-39H,3,14-16H2,1-2H3,(H,32,34,35)/t21-,23-,24-,27-,30?/m1/s1. The predicted molar refractivity (Wildman–Crippen MR) is 156 cm³/mol. The fourth-order valence-electron chi connectivity index (χ4n) is 4.99. The molecule has 0 bridgehead atoms. The van der Waals surface area contributed by atoms with Gasteiger partial charge >= 0.3 is 5.97 Å². The molecule has 1 aliphatic rings. The molecule has 1 unspecified atom stereocenters. The van der Waals surface area contributed by atoms with Crippen molar-refractivity contribution in [1.29, 1.82) is 0 Å². The number of benzene rings is 2. The molecule has 0 radical (unpaired) electrons. The zero-order valence-electron chi connectivity index (χ0n) is 23.6. The van der Waals surface area contributed by atoms with Crippen molar-refractivity contribution in [3.8, 4) is 0 Å². The summed E-state index contributed by atoms with van der Waals surface area (Å²) >= 11 is 6.23. The van der Waals surface area contributed by atoms with E-state index in [-0.39, 0.29) is 24.0 Å². The van der Waals surface area contributed by atoms with Crippen LogP contribution in [-0.4, -0.2) is 78.6 Å². The minimum absolute atomic E-state index is 0.0374. The Morgan fingerprint density at radius 1 is 1.05 bits per heavy atom. The van der Waals surface area contributed by atoms with E-state index >= 15 is 0 Å². The lowest BCUT2D eigenvalue weighted by molar-refractivity contribution is -0.183. The topological polar surface area (TPSA) is 158 Å². The molecule has 2 aromatic carbocycles. The van der Waals surface area contributed by atoms with E-state index in [1.165, 1.54) is 17.8 Å². The van der Waals surface area contributed by atoms with Gasteiger partial charge in [-0.2, -0.15) is 9.97 Å². The summed E-state index contributed by atoms with van der Waals surface area (Å²) in [6.45, 7) is 2.97. The van der Waals surface area contributed by atoms with Crippen molar-refractivity contribution in [2.75, 3.05) is 18.5 Å². The minimum atomic E-state index is -1.98. The monoisotopic (exact) mass is 609 g/mol. The van der Waals surface area contributed by atoms with Gasteiger partial charge in [0.1, 0.15) is 18.3 Å². The van der Waals surface area contributed by atoms with E-state index in [0.717, 1.165) is 5.56 Å². The van der Waals surface area contributed by atoms with Crippen LogP contribution in [0.1, 0.15) is 31.2 Å². The molecule has 5 atom stereocenters. The van der Waals surface area contributed by atoms with Gasteiger partial charge < -0.3 is 29.7 Å². The third-order valence-electron chi connectivity index (χ3n) is 7.27. The van der Waals surface area contributed by atoms with Crippen LogP contribution in [-0.2, 0) is 36.8 Å². The van der Waals surface area contributed by atoms with E-state index in [4.69, 9.17) is 25.8 Å². The van der Waals surface area contributed by atoms with Gasteiger partial charge in [-0.3, -0.25) is 9.36 Å². The number of imidazole rings is 1. The third kappa shape index (κ3) is 6.38. The summed E-state index contributed by atoms with van der Waals surface area (Å²) < 4.78 is 18.7. The highest BCUT2D eigenvalue weighted by molar-refractivity contribution is 6.28. The number of fused-ring (bicyclic) bond motifs is 1. The van der Waals surface area contributed by atoms with Crippen molar-refractivity contribution in [3.63, 3.8) is 0 Å². The normalized spacial score (nSPS) is 21.4. The largest absolute Gasteiger partial charge is 0.463 e. The van der Waals surface area contributed by atoms with Gasteiger partial charge in [0.05, 0.1) is 19.5 Å². The van der Waals surface area contributed by atoms with Gasteiger partial charge in [-0.1, -0.05) is 60.7 Å². The number of aliphatic hydroxyl groups is 2. The number of esters is 1. The zero-order chi connectivity index (χ0) is 30.6. The number of aromatic nitrogens is 4. The molecule has 0 spiro atoms. The molecule has 3 N–H and O–H groups in total. The quantitative estimate of drug-likeness (QED) is 0.123. The molecule has 43 heavy (non-hydrogen) atoms. The van der Waals surface area contributed by atoms with Crippen molar-refractivity contribution in [2.24, 2.45) is 0 Å². The van der Waals surface area contributed by atoms with Crippen molar-refractivity contribution >= 4 is 40.3 Å². The van der Waals surface area contributed by atoms with Crippen molar-refractivity contribution in [3.05, 3.63) is 83.4 Å². The maximum atomic E-state index is 13.1. The average molecular weight is 610 g/mol. The fraction of sp³-hybridized carbons (Fsp3) is 0.367. The van der Waals surface area contributed by atoms with Crippen molar-refractivity contribution in [1.82, 2.24) is 19.5 Å². The van der Waals surface area contributed by atoms with Gasteiger partial charge in [0.2, 0.25) is 10.9 Å². The van der Waals surface area contributed by atoms with E-state index < -0.39 is 48.5 Å². The summed E-state index contributed by atoms with van der Waals surface area (Å²) in [6, 6.07) is 18.6. The van der Waals surface area contributed by atoms with Crippen LogP contribution in [0.4, 0.5) is 5.82 Å². The van der Waals surface area contributed by atoms with Crippen LogP contribution in [0.2, 0.25) is 5.28 Å². The molecule has 0 aliphatic carbocycles. The maximum absolute atomic E-state index is 13.1. The number of hydrogen-bond acceptors (Lipinski definition) is 11. The van der Waals surface area contributed by atoms with Crippen LogP contribution in [0.5, 0.6) is 0 Å². The average Bonchev–Trinajstić information content (AvgIpc) is 3.54. The van der Waals surface area contributed by atoms with Gasteiger partial charge in [0.25, 0.3) is 0 Å². The Balaban J connectivity index is 1.37. The number of halogens is 1. The molecule has 1 aliphatic heterocycles. The first-order valence-corrected chi connectivity index (χ1v) is 14.2. The molecule has 3 heterocycles. The Kier molecular flexibility index (Phi) is 9.33. The number of carbonyl (C=O) groups excluding carboxylic acids is 2. The highest BCUT2D eigenvalue weighted by atomic mass is 35.5. The van der Waals surface area contributed by atoms with Gasteiger partial charge in [-0.05, 0) is 36.6 Å². The van der Waals surface area contributed by atoms with Gasteiger partial charge in [0, 0.05) is 13.0 Å². The van der Waals surface area contributed by atoms with Crippen LogP contribution in [0, 0.1) is 0 Å². The number of anilines is 1. The van der Waals surface area contributed by atoms with E-state index in [2.05, 4.69) is 20.3 Å². The Morgan fingerprint density at radius 3 is 2.37 bits per heavy atom. The van der Waals surface area contributed by atoms with Crippen LogP contribution < -0.4 is 5.32 Å². The lowest BCUT2D eigenvalue weighted by atomic mass is 9.90. The Bertz CT molecular complexity index is 1570. The molecule has 13 heteroatoms. The van der Waals surface area contributed by atoms with Gasteiger partial charge in [-0.25, -0.2) is 9.78 Å². The van der Waals surface area contributed by atoms with Crippen molar-refractivity contribution in [2.45, 2.75) is 57.0 Å². The van der Waals surface area contributed by atoms with Gasteiger partial charge in [-0.15, -0.1) is 0 Å². The number of rotatable bonds is 12. The van der Waals surface area contributed by atoms with E-state index in [0.29, 0.717) is 23.4 Å². The van der Waals surface area contributed by atoms with E-state index in [1.54, 1.807) is 31.2 Å². The first kappa shape index (κ1) is 30.5. The number of Topliss-reactive ketones (excluding diaryl/α,β-unsaturated/α-hetero) is 1. The number of carbonyl (C=O) groups is 2. The number of nitrogens with zero attached hydrogens (tertiary/aromatic N) is 4. The summed E-state index contributed by atoms with van der Waals surface area (Å²) in [6.07, 6.45) is -3.79. The van der Waals surface area contributed by atoms with Crippen LogP contribution >= 0.6 is 11.6 Å².